The second-order valence-electron chi connectivity index (χ2n) is 6.71. The van der Waals surface area contributed by atoms with Crippen molar-refractivity contribution in [3.8, 4) is 0 Å². The highest BCUT2D eigenvalue weighted by Gasteiger charge is 2.31. The lowest BCUT2D eigenvalue weighted by Gasteiger charge is -2.36. The normalized spacial score (nSPS) is 19.2. The van der Waals surface area contributed by atoms with Crippen LogP contribution in [0, 0.1) is 0 Å². The van der Waals surface area contributed by atoms with Crippen molar-refractivity contribution in [2.24, 2.45) is 0 Å². The molecular formula is C18H25F3N4O2. The van der Waals surface area contributed by atoms with Gasteiger partial charge >= 0.3 is 12.2 Å². The number of halogens is 3. The summed E-state index contributed by atoms with van der Waals surface area (Å²) in [4.78, 5) is 18.1. The summed E-state index contributed by atoms with van der Waals surface area (Å²) < 4.78 is 43.9. The number of hydrogen-bond acceptors (Lipinski definition) is 4. The molecule has 2 fully saturated rings. The lowest BCUT2D eigenvalue weighted by atomic mass is 10.1. The van der Waals surface area contributed by atoms with Gasteiger partial charge in [-0.15, -0.1) is 0 Å². The fourth-order valence-corrected chi connectivity index (χ4v) is 3.30. The standard InChI is InChI=1S/C18H25F3N4O2/c19-18(20,21)15-2-1-3-16(14-15)24-6-8-25(9-7-24)17(26)22-4-5-23-10-12-27-13-11-23/h1-3,14H,4-13H2,(H,22,26). The third-order valence-corrected chi connectivity index (χ3v) is 4.91. The van der Waals surface area contributed by atoms with Gasteiger partial charge in [0.15, 0.2) is 0 Å². The van der Waals surface area contributed by atoms with Gasteiger partial charge in [-0.1, -0.05) is 6.07 Å². The lowest BCUT2D eigenvalue weighted by molar-refractivity contribution is -0.137. The molecule has 0 aliphatic carbocycles. The van der Waals surface area contributed by atoms with Gasteiger partial charge < -0.3 is 19.9 Å². The molecule has 1 N–H and O–H groups in total. The van der Waals surface area contributed by atoms with Crippen molar-refractivity contribution in [3.05, 3.63) is 29.8 Å². The average Bonchev–Trinajstić information content (AvgIpc) is 2.68. The van der Waals surface area contributed by atoms with Gasteiger partial charge in [0.2, 0.25) is 0 Å². The first-order valence-corrected chi connectivity index (χ1v) is 9.18. The third kappa shape index (κ3) is 5.49. The molecule has 0 aromatic heterocycles. The van der Waals surface area contributed by atoms with Crippen LogP contribution in [0.4, 0.5) is 23.7 Å². The number of urea groups is 1. The minimum Gasteiger partial charge on any atom is -0.379 e. The summed E-state index contributed by atoms with van der Waals surface area (Å²) in [5, 5.41) is 2.92. The Hall–Kier alpha value is -2.00. The van der Waals surface area contributed by atoms with E-state index in [9.17, 15) is 18.0 Å². The number of ether oxygens (including phenoxy) is 1. The molecule has 0 unspecified atom stereocenters. The SMILES string of the molecule is O=C(NCCN1CCOCC1)N1CCN(c2cccc(C(F)(F)F)c2)CC1. The maximum Gasteiger partial charge on any atom is 0.416 e. The highest BCUT2D eigenvalue weighted by atomic mass is 19.4. The molecule has 0 radical (unpaired) electrons. The van der Waals surface area contributed by atoms with Crippen molar-refractivity contribution < 1.29 is 22.7 Å². The summed E-state index contributed by atoms with van der Waals surface area (Å²) in [7, 11) is 0. The van der Waals surface area contributed by atoms with Crippen molar-refractivity contribution in [3.63, 3.8) is 0 Å². The van der Waals surface area contributed by atoms with E-state index in [-0.39, 0.29) is 6.03 Å². The molecule has 9 heteroatoms. The molecule has 1 aromatic carbocycles. The van der Waals surface area contributed by atoms with E-state index in [2.05, 4.69) is 10.2 Å². The van der Waals surface area contributed by atoms with E-state index in [0.717, 1.165) is 45.0 Å². The molecule has 2 saturated heterocycles. The van der Waals surface area contributed by atoms with Crippen LogP contribution in [0.1, 0.15) is 5.56 Å². The highest BCUT2D eigenvalue weighted by Crippen LogP contribution is 2.31. The minimum atomic E-state index is -4.35. The molecule has 0 bridgehead atoms. The predicted molar refractivity (Wildman–Crippen MR) is 95.9 cm³/mol. The summed E-state index contributed by atoms with van der Waals surface area (Å²) in [5.41, 5.74) is -0.111. The summed E-state index contributed by atoms with van der Waals surface area (Å²) in [6, 6.07) is 5.21. The molecule has 0 saturated carbocycles. The molecule has 27 heavy (non-hydrogen) atoms. The van der Waals surface area contributed by atoms with Gasteiger partial charge in [-0.05, 0) is 18.2 Å². The molecule has 0 atom stereocenters. The number of morpholine rings is 1. The van der Waals surface area contributed by atoms with Crippen LogP contribution in [0.5, 0.6) is 0 Å². The molecular weight excluding hydrogens is 361 g/mol. The van der Waals surface area contributed by atoms with E-state index in [0.29, 0.717) is 38.4 Å². The predicted octanol–water partition coefficient (Wildman–Crippen LogP) is 1.87. The van der Waals surface area contributed by atoms with Gasteiger partial charge in [0.1, 0.15) is 0 Å². The zero-order valence-corrected chi connectivity index (χ0v) is 15.2. The molecule has 2 amide bonds. The van der Waals surface area contributed by atoms with Crippen molar-refractivity contribution in [1.29, 1.82) is 0 Å². The summed E-state index contributed by atoms with van der Waals surface area (Å²) in [5.74, 6) is 0. The van der Waals surface area contributed by atoms with E-state index in [1.807, 2.05) is 4.90 Å². The Balaban J connectivity index is 1.43. The zero-order chi connectivity index (χ0) is 19.3. The summed E-state index contributed by atoms with van der Waals surface area (Å²) >= 11 is 0. The van der Waals surface area contributed by atoms with Crippen molar-refractivity contribution in [1.82, 2.24) is 15.1 Å². The fraction of sp³-hybridized carbons (Fsp3) is 0.611. The Labute approximate surface area is 156 Å². The third-order valence-electron chi connectivity index (χ3n) is 4.91. The maximum absolute atomic E-state index is 12.9. The molecule has 0 spiro atoms. The van der Waals surface area contributed by atoms with Gasteiger partial charge in [0.05, 0.1) is 18.8 Å². The summed E-state index contributed by atoms with van der Waals surface area (Å²) in [6.07, 6.45) is -4.35. The minimum absolute atomic E-state index is 0.119. The fourth-order valence-electron chi connectivity index (χ4n) is 3.30. The number of nitrogens with zero attached hydrogens (tertiary/aromatic N) is 3. The number of nitrogens with one attached hydrogen (secondary N) is 1. The van der Waals surface area contributed by atoms with Crippen molar-refractivity contribution in [2.75, 3.05) is 70.5 Å². The molecule has 1 aromatic rings. The van der Waals surface area contributed by atoms with E-state index >= 15 is 0 Å². The van der Waals surface area contributed by atoms with Crippen molar-refractivity contribution in [2.45, 2.75) is 6.18 Å². The van der Waals surface area contributed by atoms with Crippen LogP contribution in [-0.2, 0) is 10.9 Å². The Bertz CT molecular complexity index is 627. The van der Waals surface area contributed by atoms with Gasteiger partial charge in [-0.2, -0.15) is 13.2 Å². The molecule has 150 valence electrons. The smallest absolute Gasteiger partial charge is 0.379 e. The number of anilines is 1. The number of benzene rings is 1. The highest BCUT2D eigenvalue weighted by molar-refractivity contribution is 5.74. The number of hydrogen-bond donors (Lipinski definition) is 1. The van der Waals surface area contributed by atoms with Crippen molar-refractivity contribution >= 4 is 11.7 Å². The van der Waals surface area contributed by atoms with E-state index in [4.69, 9.17) is 4.74 Å². The first-order chi connectivity index (χ1) is 12.9. The van der Waals surface area contributed by atoms with Crippen LogP contribution < -0.4 is 10.2 Å². The molecule has 2 aliphatic rings. The quantitative estimate of drug-likeness (QED) is 0.858. The van der Waals surface area contributed by atoms with Gasteiger partial charge in [-0.3, -0.25) is 4.90 Å². The Kier molecular flexibility index (Phi) is 6.43. The van der Waals surface area contributed by atoms with Gasteiger partial charge in [0, 0.05) is 58.0 Å². The Morgan fingerprint density at radius 3 is 2.44 bits per heavy atom. The Morgan fingerprint density at radius 2 is 1.78 bits per heavy atom. The van der Waals surface area contributed by atoms with Crippen LogP contribution in [0.2, 0.25) is 0 Å². The topological polar surface area (TPSA) is 48.1 Å². The molecule has 3 rings (SSSR count). The zero-order valence-electron chi connectivity index (χ0n) is 15.2. The van der Waals surface area contributed by atoms with Crippen LogP contribution in [0.25, 0.3) is 0 Å². The second-order valence-corrected chi connectivity index (χ2v) is 6.71. The number of amides is 2. The van der Waals surface area contributed by atoms with Crippen LogP contribution in [0.3, 0.4) is 0 Å². The molecule has 6 nitrogen and oxygen atoms in total. The van der Waals surface area contributed by atoms with E-state index < -0.39 is 11.7 Å². The Morgan fingerprint density at radius 1 is 1.07 bits per heavy atom. The molecule has 2 aliphatic heterocycles. The largest absolute Gasteiger partial charge is 0.416 e. The van der Waals surface area contributed by atoms with Gasteiger partial charge in [-0.25, -0.2) is 4.79 Å². The number of alkyl halides is 3. The van der Waals surface area contributed by atoms with Crippen LogP contribution >= 0.6 is 0 Å². The average molecular weight is 386 g/mol. The van der Waals surface area contributed by atoms with Gasteiger partial charge in [0.25, 0.3) is 0 Å². The van der Waals surface area contributed by atoms with Crippen LogP contribution in [-0.4, -0.2) is 81.4 Å². The number of rotatable bonds is 4. The number of carbonyl (C=O) groups excluding carboxylic acids is 1. The first-order valence-electron chi connectivity index (χ1n) is 9.18. The number of piperazine rings is 1. The monoisotopic (exact) mass is 386 g/mol. The van der Waals surface area contributed by atoms with E-state index in [1.54, 1.807) is 11.0 Å². The second kappa shape index (κ2) is 8.79. The van der Waals surface area contributed by atoms with Crippen LogP contribution in [0.15, 0.2) is 24.3 Å². The molecule has 2 heterocycles. The maximum atomic E-state index is 12.9. The number of carbonyl (C=O) groups is 1. The van der Waals surface area contributed by atoms with E-state index in [1.165, 1.54) is 6.07 Å². The summed E-state index contributed by atoms with van der Waals surface area (Å²) in [6.45, 7) is 6.58. The lowest BCUT2D eigenvalue weighted by Crippen LogP contribution is -2.53. The first kappa shape index (κ1) is 19.8.